The molecule has 0 radical (unpaired) electrons. The zero-order valence-electron chi connectivity index (χ0n) is 16.8. The summed E-state index contributed by atoms with van der Waals surface area (Å²) in [6.45, 7) is 3.90. The Bertz CT molecular complexity index is 972. The molecule has 8 heteroatoms. The number of amides is 1. The molecule has 1 aromatic heterocycles. The number of aromatic nitrogens is 2. The number of hydrogen-bond acceptors (Lipinski definition) is 7. The highest BCUT2D eigenvalue weighted by Gasteiger charge is 2.17. The Kier molecular flexibility index (Phi) is 6.77. The molecule has 0 bridgehead atoms. The average Bonchev–Trinajstić information content (AvgIpc) is 3.21. The maximum atomic E-state index is 12.4. The van der Waals surface area contributed by atoms with Gasteiger partial charge in [0.05, 0.1) is 26.0 Å². The van der Waals surface area contributed by atoms with Crippen LogP contribution in [0.5, 0.6) is 11.5 Å². The standard InChI is InChI=1S/C21H23N3O4S/c1-13-5-7-15(8-6-13)20-23-24-21(28-20)29-12-19(25)22-14(2)17-11-16(26-3)9-10-18(17)27-4/h5-11,14H,12H2,1-4H3,(H,22,25)/t14-/m1/s1. The van der Waals surface area contributed by atoms with Crippen molar-refractivity contribution >= 4 is 17.7 Å². The lowest BCUT2D eigenvalue weighted by atomic mass is 10.1. The highest BCUT2D eigenvalue weighted by atomic mass is 32.2. The second-order valence-corrected chi connectivity index (χ2v) is 7.35. The molecule has 0 fully saturated rings. The second kappa shape index (κ2) is 9.47. The van der Waals surface area contributed by atoms with Crippen molar-refractivity contribution in [1.82, 2.24) is 15.5 Å². The summed E-state index contributed by atoms with van der Waals surface area (Å²) in [5.41, 5.74) is 2.84. The van der Waals surface area contributed by atoms with E-state index in [0.717, 1.165) is 16.7 Å². The Morgan fingerprint density at radius 3 is 2.59 bits per heavy atom. The van der Waals surface area contributed by atoms with Gasteiger partial charge in [-0.05, 0) is 44.2 Å². The number of carbonyl (C=O) groups excluding carboxylic acids is 1. The molecule has 152 valence electrons. The van der Waals surface area contributed by atoms with Crippen LogP contribution in [0.25, 0.3) is 11.5 Å². The summed E-state index contributed by atoms with van der Waals surface area (Å²) in [6, 6.07) is 13.0. The fraction of sp³-hybridized carbons (Fsp3) is 0.286. The molecule has 0 aliphatic heterocycles. The number of rotatable bonds is 8. The molecule has 3 rings (SSSR count). The highest BCUT2D eigenvalue weighted by Crippen LogP contribution is 2.29. The van der Waals surface area contributed by atoms with Crippen molar-refractivity contribution in [2.75, 3.05) is 20.0 Å². The lowest BCUT2D eigenvalue weighted by Crippen LogP contribution is -2.28. The monoisotopic (exact) mass is 413 g/mol. The van der Waals surface area contributed by atoms with Crippen LogP contribution < -0.4 is 14.8 Å². The molecular formula is C21H23N3O4S. The van der Waals surface area contributed by atoms with E-state index in [4.69, 9.17) is 13.9 Å². The molecule has 29 heavy (non-hydrogen) atoms. The van der Waals surface area contributed by atoms with Crippen molar-refractivity contribution in [2.45, 2.75) is 25.1 Å². The van der Waals surface area contributed by atoms with Gasteiger partial charge in [-0.2, -0.15) is 0 Å². The lowest BCUT2D eigenvalue weighted by Gasteiger charge is -2.18. The Morgan fingerprint density at radius 2 is 1.90 bits per heavy atom. The van der Waals surface area contributed by atoms with Gasteiger partial charge in [-0.3, -0.25) is 4.79 Å². The Labute approximate surface area is 173 Å². The van der Waals surface area contributed by atoms with Crippen molar-refractivity contribution < 1.29 is 18.7 Å². The zero-order chi connectivity index (χ0) is 20.8. The fourth-order valence-electron chi connectivity index (χ4n) is 2.75. The number of nitrogens with zero attached hydrogens (tertiary/aromatic N) is 2. The van der Waals surface area contributed by atoms with E-state index in [0.29, 0.717) is 22.6 Å². The van der Waals surface area contributed by atoms with Crippen LogP contribution in [0.2, 0.25) is 0 Å². The van der Waals surface area contributed by atoms with Crippen molar-refractivity contribution in [2.24, 2.45) is 0 Å². The van der Waals surface area contributed by atoms with E-state index in [2.05, 4.69) is 15.5 Å². The smallest absolute Gasteiger partial charge is 0.277 e. The third-order valence-corrected chi connectivity index (χ3v) is 5.13. The van der Waals surface area contributed by atoms with E-state index in [1.807, 2.05) is 56.3 Å². The minimum atomic E-state index is -0.251. The molecule has 2 aromatic carbocycles. The van der Waals surface area contributed by atoms with Crippen molar-refractivity contribution in [3.05, 3.63) is 53.6 Å². The molecule has 1 N–H and O–H groups in total. The first kappa shape index (κ1) is 20.7. The molecule has 0 spiro atoms. The van der Waals surface area contributed by atoms with Gasteiger partial charge in [0.1, 0.15) is 11.5 Å². The van der Waals surface area contributed by atoms with E-state index < -0.39 is 0 Å². The fourth-order valence-corrected chi connectivity index (χ4v) is 3.32. The average molecular weight is 413 g/mol. The van der Waals surface area contributed by atoms with Gasteiger partial charge in [-0.25, -0.2) is 0 Å². The van der Waals surface area contributed by atoms with E-state index in [1.165, 1.54) is 11.8 Å². The number of ether oxygens (including phenoxy) is 2. The number of thioether (sulfide) groups is 1. The number of hydrogen-bond donors (Lipinski definition) is 1. The maximum absolute atomic E-state index is 12.4. The zero-order valence-corrected chi connectivity index (χ0v) is 17.6. The van der Waals surface area contributed by atoms with Crippen molar-refractivity contribution in [1.29, 1.82) is 0 Å². The normalized spacial score (nSPS) is 11.7. The number of carbonyl (C=O) groups is 1. The predicted octanol–water partition coefficient (Wildman–Crippen LogP) is 4.03. The van der Waals surface area contributed by atoms with Gasteiger partial charge in [0, 0.05) is 11.1 Å². The molecule has 1 heterocycles. The molecule has 0 saturated heterocycles. The first-order chi connectivity index (χ1) is 14.0. The summed E-state index contributed by atoms with van der Waals surface area (Å²) in [4.78, 5) is 12.4. The molecule has 1 atom stereocenters. The Morgan fingerprint density at radius 1 is 1.14 bits per heavy atom. The summed E-state index contributed by atoms with van der Waals surface area (Å²) in [5.74, 6) is 1.83. The first-order valence-electron chi connectivity index (χ1n) is 9.04. The van der Waals surface area contributed by atoms with Crippen LogP contribution in [-0.2, 0) is 4.79 Å². The highest BCUT2D eigenvalue weighted by molar-refractivity contribution is 7.99. The number of benzene rings is 2. The van der Waals surface area contributed by atoms with E-state index >= 15 is 0 Å². The molecule has 0 aliphatic carbocycles. The SMILES string of the molecule is COc1ccc(OC)c([C@@H](C)NC(=O)CSc2nnc(-c3ccc(C)cc3)o2)c1. The van der Waals surface area contributed by atoms with Gasteiger partial charge in [-0.1, -0.05) is 29.5 Å². The molecule has 7 nitrogen and oxygen atoms in total. The quantitative estimate of drug-likeness (QED) is 0.558. The number of methoxy groups -OCH3 is 2. The van der Waals surface area contributed by atoms with Gasteiger partial charge >= 0.3 is 0 Å². The largest absolute Gasteiger partial charge is 0.497 e. The van der Waals surface area contributed by atoms with Gasteiger partial charge in [0.25, 0.3) is 5.22 Å². The van der Waals surface area contributed by atoms with Gasteiger partial charge in [0.15, 0.2) is 0 Å². The lowest BCUT2D eigenvalue weighted by molar-refractivity contribution is -0.119. The van der Waals surface area contributed by atoms with Gasteiger partial charge in [-0.15, -0.1) is 10.2 Å². The van der Waals surface area contributed by atoms with Crippen LogP contribution in [-0.4, -0.2) is 36.1 Å². The molecule has 1 amide bonds. The van der Waals surface area contributed by atoms with E-state index in [1.54, 1.807) is 14.2 Å². The summed E-state index contributed by atoms with van der Waals surface area (Å²) >= 11 is 1.19. The molecule has 0 unspecified atom stereocenters. The van der Waals surface area contributed by atoms with Gasteiger partial charge in [0.2, 0.25) is 11.8 Å². The second-order valence-electron chi connectivity index (χ2n) is 6.42. The van der Waals surface area contributed by atoms with Crippen LogP contribution in [0.1, 0.15) is 24.1 Å². The first-order valence-corrected chi connectivity index (χ1v) is 10.0. The third-order valence-electron chi connectivity index (χ3n) is 4.31. The predicted molar refractivity (Wildman–Crippen MR) is 111 cm³/mol. The van der Waals surface area contributed by atoms with Crippen LogP contribution in [0, 0.1) is 6.92 Å². The summed E-state index contributed by atoms with van der Waals surface area (Å²) in [5, 5.41) is 11.4. The molecule has 0 aliphatic rings. The third kappa shape index (κ3) is 5.29. The molecule has 3 aromatic rings. The number of aryl methyl sites for hydroxylation is 1. The minimum Gasteiger partial charge on any atom is -0.497 e. The topological polar surface area (TPSA) is 86.5 Å². The summed E-state index contributed by atoms with van der Waals surface area (Å²) < 4.78 is 16.3. The summed E-state index contributed by atoms with van der Waals surface area (Å²) in [6.07, 6.45) is 0. The van der Waals surface area contributed by atoms with Crippen LogP contribution in [0.3, 0.4) is 0 Å². The maximum Gasteiger partial charge on any atom is 0.277 e. The minimum absolute atomic E-state index is 0.151. The molecule has 0 saturated carbocycles. The van der Waals surface area contributed by atoms with Crippen LogP contribution in [0.4, 0.5) is 0 Å². The Balaban J connectivity index is 1.58. The van der Waals surface area contributed by atoms with E-state index in [-0.39, 0.29) is 17.7 Å². The summed E-state index contributed by atoms with van der Waals surface area (Å²) in [7, 11) is 3.19. The molecular weight excluding hydrogens is 390 g/mol. The van der Waals surface area contributed by atoms with Crippen LogP contribution in [0.15, 0.2) is 52.1 Å². The van der Waals surface area contributed by atoms with Crippen molar-refractivity contribution in [3.63, 3.8) is 0 Å². The number of nitrogens with one attached hydrogen (secondary N) is 1. The van der Waals surface area contributed by atoms with Crippen molar-refractivity contribution in [3.8, 4) is 23.0 Å². The Hall–Kier alpha value is -3.00. The van der Waals surface area contributed by atoms with E-state index in [9.17, 15) is 4.79 Å². The van der Waals surface area contributed by atoms with Gasteiger partial charge < -0.3 is 19.2 Å². The van der Waals surface area contributed by atoms with Crippen LogP contribution >= 0.6 is 11.8 Å².